The summed E-state index contributed by atoms with van der Waals surface area (Å²) in [6.07, 6.45) is 7.09. The van der Waals surface area contributed by atoms with Crippen molar-refractivity contribution in [1.29, 1.82) is 0 Å². The highest BCUT2D eigenvalue weighted by Gasteiger charge is 2.40. The maximum Gasteiger partial charge on any atom is 0.230 e. The number of amides is 1. The second kappa shape index (κ2) is 6.95. The number of benzene rings is 1. The molecule has 0 atom stereocenters. The molecule has 2 aromatic rings. The molecule has 1 aliphatic carbocycles. The molecule has 0 bridgehead atoms. The van der Waals surface area contributed by atoms with E-state index in [1.165, 1.54) is 12.0 Å². The number of nitrogens with zero attached hydrogens (tertiary/aromatic N) is 1. The summed E-state index contributed by atoms with van der Waals surface area (Å²) >= 11 is 0. The molecule has 3 nitrogen and oxygen atoms in total. The molecule has 120 valence electrons. The highest BCUT2D eigenvalue weighted by molar-refractivity contribution is 5.88. The van der Waals surface area contributed by atoms with Gasteiger partial charge in [0.15, 0.2) is 0 Å². The first-order valence-electron chi connectivity index (χ1n) is 8.46. The minimum absolute atomic E-state index is 0.147. The first-order valence-corrected chi connectivity index (χ1v) is 8.46. The topological polar surface area (TPSA) is 42.0 Å². The third-order valence-corrected chi connectivity index (χ3v) is 4.87. The Labute approximate surface area is 138 Å². The predicted octanol–water partition coefficient (Wildman–Crippen LogP) is 3.91. The Hall–Kier alpha value is -2.16. The van der Waals surface area contributed by atoms with Crippen molar-refractivity contribution in [3.63, 3.8) is 0 Å². The van der Waals surface area contributed by atoms with Crippen LogP contribution in [0, 0.1) is 6.92 Å². The smallest absolute Gasteiger partial charge is 0.230 e. The average Bonchev–Trinajstić information content (AvgIpc) is 2.61. The molecule has 1 aromatic carbocycles. The van der Waals surface area contributed by atoms with Gasteiger partial charge < -0.3 is 5.32 Å². The lowest BCUT2D eigenvalue weighted by molar-refractivity contribution is -0.128. The van der Waals surface area contributed by atoms with E-state index in [0.717, 1.165) is 36.9 Å². The fourth-order valence-electron chi connectivity index (χ4n) is 3.59. The van der Waals surface area contributed by atoms with E-state index in [0.29, 0.717) is 6.54 Å². The molecule has 1 heterocycles. The standard InChI is InChI=1S/C20H24N2O/c1-16-8-7-9-17(14-16)20(11-4-2-5-12-20)19(23)22-15-18-10-3-6-13-21-18/h3,6-10,13-14H,2,4-5,11-12,15H2,1H3,(H,22,23). The van der Waals surface area contributed by atoms with Gasteiger partial charge in [-0.25, -0.2) is 0 Å². The van der Waals surface area contributed by atoms with Crippen molar-refractivity contribution in [2.45, 2.75) is 51.0 Å². The van der Waals surface area contributed by atoms with Gasteiger partial charge in [0.1, 0.15) is 0 Å². The summed E-state index contributed by atoms with van der Waals surface area (Å²) in [6.45, 7) is 2.58. The van der Waals surface area contributed by atoms with Crippen LogP contribution in [0.2, 0.25) is 0 Å². The molecule has 0 saturated heterocycles. The van der Waals surface area contributed by atoms with Gasteiger partial charge in [-0.3, -0.25) is 9.78 Å². The molecule has 1 fully saturated rings. The van der Waals surface area contributed by atoms with Gasteiger partial charge >= 0.3 is 0 Å². The minimum Gasteiger partial charge on any atom is -0.350 e. The molecule has 3 heteroatoms. The SMILES string of the molecule is Cc1cccc(C2(C(=O)NCc3ccccn3)CCCCC2)c1. The van der Waals surface area contributed by atoms with Gasteiger partial charge in [-0.05, 0) is 37.5 Å². The van der Waals surface area contributed by atoms with Crippen LogP contribution in [0.1, 0.15) is 48.9 Å². The Morgan fingerprint density at radius 1 is 1.13 bits per heavy atom. The van der Waals surface area contributed by atoms with Crippen molar-refractivity contribution in [3.05, 3.63) is 65.5 Å². The normalized spacial score (nSPS) is 16.7. The van der Waals surface area contributed by atoms with E-state index in [9.17, 15) is 4.79 Å². The number of aryl methyl sites for hydroxylation is 1. The van der Waals surface area contributed by atoms with Crippen molar-refractivity contribution in [3.8, 4) is 0 Å². The highest BCUT2D eigenvalue weighted by Crippen LogP contribution is 2.40. The molecule has 1 saturated carbocycles. The highest BCUT2D eigenvalue weighted by atomic mass is 16.2. The van der Waals surface area contributed by atoms with Crippen LogP contribution in [-0.4, -0.2) is 10.9 Å². The summed E-state index contributed by atoms with van der Waals surface area (Å²) in [5.74, 6) is 0.147. The monoisotopic (exact) mass is 308 g/mol. The maximum absolute atomic E-state index is 13.1. The van der Waals surface area contributed by atoms with Gasteiger partial charge in [0.05, 0.1) is 17.7 Å². The number of aromatic nitrogens is 1. The molecular weight excluding hydrogens is 284 g/mol. The Kier molecular flexibility index (Phi) is 4.75. The molecule has 1 N–H and O–H groups in total. The summed E-state index contributed by atoms with van der Waals surface area (Å²) in [4.78, 5) is 17.4. The lowest BCUT2D eigenvalue weighted by Gasteiger charge is -2.36. The van der Waals surface area contributed by atoms with E-state index in [-0.39, 0.29) is 11.3 Å². The lowest BCUT2D eigenvalue weighted by atomic mass is 9.68. The Morgan fingerprint density at radius 2 is 1.96 bits per heavy atom. The zero-order valence-corrected chi connectivity index (χ0v) is 13.7. The van der Waals surface area contributed by atoms with Crippen LogP contribution in [0.4, 0.5) is 0 Å². The van der Waals surface area contributed by atoms with Crippen LogP contribution in [0.25, 0.3) is 0 Å². The second-order valence-electron chi connectivity index (χ2n) is 6.52. The Bertz CT molecular complexity index is 660. The number of hydrogen-bond donors (Lipinski definition) is 1. The van der Waals surface area contributed by atoms with Crippen LogP contribution < -0.4 is 5.32 Å². The van der Waals surface area contributed by atoms with Crippen molar-refractivity contribution >= 4 is 5.91 Å². The molecule has 23 heavy (non-hydrogen) atoms. The Morgan fingerprint density at radius 3 is 2.65 bits per heavy atom. The van der Waals surface area contributed by atoms with Crippen molar-refractivity contribution in [2.75, 3.05) is 0 Å². The van der Waals surface area contributed by atoms with Gasteiger partial charge in [0.2, 0.25) is 5.91 Å². The van der Waals surface area contributed by atoms with E-state index in [1.807, 2.05) is 18.2 Å². The summed E-state index contributed by atoms with van der Waals surface area (Å²) in [5, 5.41) is 3.13. The molecule has 0 radical (unpaired) electrons. The molecule has 1 aromatic heterocycles. The molecular formula is C20H24N2O. The number of rotatable bonds is 4. The fraction of sp³-hybridized carbons (Fsp3) is 0.400. The van der Waals surface area contributed by atoms with Crippen molar-refractivity contribution in [2.24, 2.45) is 0 Å². The third kappa shape index (κ3) is 3.44. The van der Waals surface area contributed by atoms with Crippen LogP contribution in [-0.2, 0) is 16.8 Å². The van der Waals surface area contributed by atoms with E-state index in [4.69, 9.17) is 0 Å². The summed E-state index contributed by atoms with van der Waals surface area (Å²) in [5.41, 5.74) is 2.90. The van der Waals surface area contributed by atoms with Gasteiger partial charge in [0.25, 0.3) is 0 Å². The van der Waals surface area contributed by atoms with Gasteiger partial charge in [0, 0.05) is 6.20 Å². The van der Waals surface area contributed by atoms with Crippen molar-refractivity contribution in [1.82, 2.24) is 10.3 Å². The molecule has 1 amide bonds. The first kappa shape index (κ1) is 15.7. The van der Waals surface area contributed by atoms with Crippen LogP contribution >= 0.6 is 0 Å². The summed E-state index contributed by atoms with van der Waals surface area (Å²) in [7, 11) is 0. The van der Waals surface area contributed by atoms with Crippen LogP contribution in [0.15, 0.2) is 48.7 Å². The number of nitrogens with one attached hydrogen (secondary N) is 1. The maximum atomic E-state index is 13.1. The van der Waals surface area contributed by atoms with Gasteiger partial charge in [-0.1, -0.05) is 55.2 Å². The molecule has 1 aliphatic rings. The Balaban J connectivity index is 1.82. The predicted molar refractivity (Wildman–Crippen MR) is 92.0 cm³/mol. The molecule has 0 aliphatic heterocycles. The van der Waals surface area contributed by atoms with Crippen molar-refractivity contribution < 1.29 is 4.79 Å². The third-order valence-electron chi connectivity index (χ3n) is 4.87. The number of pyridine rings is 1. The minimum atomic E-state index is -0.376. The van der Waals surface area contributed by atoms with E-state index in [1.54, 1.807) is 6.20 Å². The molecule has 3 rings (SSSR count). The molecule has 0 unspecified atom stereocenters. The quantitative estimate of drug-likeness (QED) is 0.930. The summed E-state index contributed by atoms with van der Waals surface area (Å²) in [6, 6.07) is 14.2. The number of carbonyl (C=O) groups excluding carboxylic acids is 1. The lowest BCUT2D eigenvalue weighted by Crippen LogP contribution is -2.45. The first-order chi connectivity index (χ1) is 11.2. The van der Waals surface area contributed by atoms with Crippen LogP contribution in [0.5, 0.6) is 0 Å². The van der Waals surface area contributed by atoms with Gasteiger partial charge in [-0.2, -0.15) is 0 Å². The van der Waals surface area contributed by atoms with E-state index >= 15 is 0 Å². The second-order valence-corrected chi connectivity index (χ2v) is 6.52. The van der Waals surface area contributed by atoms with Gasteiger partial charge in [-0.15, -0.1) is 0 Å². The number of carbonyl (C=O) groups is 1. The zero-order chi connectivity index (χ0) is 16.1. The van der Waals surface area contributed by atoms with E-state index < -0.39 is 0 Å². The van der Waals surface area contributed by atoms with E-state index in [2.05, 4.69) is 41.5 Å². The van der Waals surface area contributed by atoms with Crippen LogP contribution in [0.3, 0.4) is 0 Å². The zero-order valence-electron chi connectivity index (χ0n) is 13.7. The largest absolute Gasteiger partial charge is 0.350 e. The molecule has 0 spiro atoms. The number of hydrogen-bond acceptors (Lipinski definition) is 2. The summed E-state index contributed by atoms with van der Waals surface area (Å²) < 4.78 is 0. The average molecular weight is 308 g/mol. The fourth-order valence-corrected chi connectivity index (χ4v) is 3.59.